The van der Waals surface area contributed by atoms with Crippen LogP contribution >= 0.6 is 11.6 Å². The minimum Gasteiger partial charge on any atom is -0.309 e. The number of hydrogen-bond acceptors (Lipinski definition) is 4. The molecule has 0 fully saturated rings. The van der Waals surface area contributed by atoms with Crippen molar-refractivity contribution in [3.63, 3.8) is 0 Å². The number of aryl methyl sites for hydroxylation is 1. The van der Waals surface area contributed by atoms with Gasteiger partial charge in [-0.15, -0.1) is 6.42 Å². The Bertz CT molecular complexity index is 1500. The van der Waals surface area contributed by atoms with Crippen LogP contribution in [0.2, 0.25) is 5.02 Å². The van der Waals surface area contributed by atoms with Crippen molar-refractivity contribution >= 4 is 29.0 Å². The Labute approximate surface area is 203 Å². The summed E-state index contributed by atoms with van der Waals surface area (Å²) in [5, 5.41) is 6.21. The zero-order chi connectivity index (χ0) is 24.2. The number of hydrogen-bond donors (Lipinski definition) is 2. The zero-order valence-electron chi connectivity index (χ0n) is 19.0. The van der Waals surface area contributed by atoms with Gasteiger partial charge in [-0.3, -0.25) is 9.20 Å². The third-order valence-corrected chi connectivity index (χ3v) is 5.69. The maximum atomic E-state index is 12.4. The second-order valence-corrected chi connectivity index (χ2v) is 8.06. The summed E-state index contributed by atoms with van der Waals surface area (Å²) in [4.78, 5) is 21.7. The minimum atomic E-state index is -0.367. The summed E-state index contributed by atoms with van der Waals surface area (Å²) in [5.41, 5.74) is 5.16. The molecule has 0 aliphatic heterocycles. The van der Waals surface area contributed by atoms with Crippen LogP contribution in [0.1, 0.15) is 29.4 Å². The Kier molecular flexibility index (Phi) is 6.65. The van der Waals surface area contributed by atoms with E-state index >= 15 is 0 Å². The Hall–Kier alpha value is -4.10. The number of nitrogens with one attached hydrogen (secondary N) is 2. The van der Waals surface area contributed by atoms with Gasteiger partial charge in [0.05, 0.1) is 22.5 Å². The highest BCUT2D eigenvalue weighted by Crippen LogP contribution is 2.28. The number of halogens is 1. The highest BCUT2D eigenvalue weighted by atomic mass is 35.5. The summed E-state index contributed by atoms with van der Waals surface area (Å²) in [7, 11) is 1.72. The third-order valence-electron chi connectivity index (χ3n) is 5.38. The lowest BCUT2D eigenvalue weighted by Crippen LogP contribution is -2.35. The minimum absolute atomic E-state index is 0.190. The molecule has 0 saturated carbocycles. The van der Waals surface area contributed by atoms with Gasteiger partial charge < -0.3 is 10.6 Å². The molecule has 0 radical (unpaired) electrons. The molecule has 0 bridgehead atoms. The number of likely N-dealkylation sites (N-methyl/N-ethyl adjacent to an activating group) is 1. The number of carbonyl (C=O) groups excluding carboxylic acids is 1. The Morgan fingerprint density at radius 1 is 1.15 bits per heavy atom. The Balaban J connectivity index is 1.84. The van der Waals surface area contributed by atoms with E-state index in [0.717, 1.165) is 22.6 Å². The molecule has 3 heterocycles. The Morgan fingerprint density at radius 3 is 2.71 bits per heavy atom. The first-order valence-corrected chi connectivity index (χ1v) is 11.0. The lowest BCUT2D eigenvalue weighted by molar-refractivity contribution is -0.117. The smallest absolute Gasteiger partial charge is 0.242 e. The van der Waals surface area contributed by atoms with Crippen LogP contribution in [0.15, 0.2) is 54.7 Å². The van der Waals surface area contributed by atoms with Crippen molar-refractivity contribution < 1.29 is 4.79 Å². The van der Waals surface area contributed by atoms with E-state index < -0.39 is 0 Å². The van der Waals surface area contributed by atoms with Gasteiger partial charge in [-0.2, -0.15) is 0 Å². The first-order valence-electron chi connectivity index (χ1n) is 10.6. The van der Waals surface area contributed by atoms with Crippen molar-refractivity contribution in [3.8, 4) is 35.4 Å². The SMILES string of the molecule is C#Cc1ccc(C#Cc2nc(NC(=O)C(C)NC)ccc2-c2c(C)nc3ccccn23)cc1Cl. The van der Waals surface area contributed by atoms with Crippen LogP contribution in [-0.4, -0.2) is 33.4 Å². The van der Waals surface area contributed by atoms with Gasteiger partial charge in [0.25, 0.3) is 0 Å². The molecule has 4 aromatic rings. The van der Waals surface area contributed by atoms with Gasteiger partial charge in [-0.25, -0.2) is 9.97 Å². The van der Waals surface area contributed by atoms with E-state index in [1.165, 1.54) is 0 Å². The fraction of sp³-hybridized carbons (Fsp3) is 0.148. The normalized spacial score (nSPS) is 11.4. The fourth-order valence-corrected chi connectivity index (χ4v) is 3.70. The molecule has 0 saturated heterocycles. The van der Waals surface area contributed by atoms with Crippen molar-refractivity contribution in [3.05, 3.63) is 82.3 Å². The van der Waals surface area contributed by atoms with Crippen molar-refractivity contribution in [2.45, 2.75) is 19.9 Å². The molecule has 3 aromatic heterocycles. The van der Waals surface area contributed by atoms with E-state index in [4.69, 9.17) is 18.0 Å². The van der Waals surface area contributed by atoms with E-state index in [2.05, 4.69) is 38.4 Å². The summed E-state index contributed by atoms with van der Waals surface area (Å²) < 4.78 is 2.00. The van der Waals surface area contributed by atoms with E-state index in [-0.39, 0.29) is 11.9 Å². The summed E-state index contributed by atoms with van der Waals surface area (Å²) in [6.45, 7) is 3.72. The van der Waals surface area contributed by atoms with Gasteiger partial charge >= 0.3 is 0 Å². The van der Waals surface area contributed by atoms with E-state index in [9.17, 15) is 4.79 Å². The van der Waals surface area contributed by atoms with Gasteiger partial charge in [0.15, 0.2) is 0 Å². The van der Waals surface area contributed by atoms with Gasteiger partial charge in [0, 0.05) is 22.9 Å². The molecule has 1 unspecified atom stereocenters. The molecular formula is C27H22ClN5O. The molecule has 1 atom stereocenters. The van der Waals surface area contributed by atoms with Crippen LogP contribution in [-0.2, 0) is 4.79 Å². The maximum Gasteiger partial charge on any atom is 0.242 e. The molecule has 1 amide bonds. The summed E-state index contributed by atoms with van der Waals surface area (Å²) in [5.74, 6) is 9.03. The number of benzene rings is 1. The monoisotopic (exact) mass is 467 g/mol. The standard InChI is InChI=1S/C27H22ClN5O/c1-5-20-11-9-19(16-22(20)28)10-13-23-21(12-14-24(31-23)32-27(34)18(3)29-4)26-17(2)30-25-8-6-7-15-33(25)26/h1,6-9,11-12,14-16,18,29H,2-4H3,(H,31,32,34). The van der Waals surface area contributed by atoms with Crippen molar-refractivity contribution in [2.75, 3.05) is 12.4 Å². The average Bonchev–Trinajstić information content (AvgIpc) is 3.17. The number of aromatic nitrogens is 3. The largest absolute Gasteiger partial charge is 0.309 e. The molecule has 6 nitrogen and oxygen atoms in total. The topological polar surface area (TPSA) is 71.3 Å². The zero-order valence-corrected chi connectivity index (χ0v) is 19.7. The van der Waals surface area contributed by atoms with Crippen molar-refractivity contribution in [2.24, 2.45) is 0 Å². The van der Waals surface area contributed by atoms with Gasteiger partial charge in [0.2, 0.25) is 5.91 Å². The lowest BCUT2D eigenvalue weighted by atomic mass is 10.1. The van der Waals surface area contributed by atoms with Crippen LogP contribution in [0.4, 0.5) is 5.82 Å². The second kappa shape index (κ2) is 9.80. The number of rotatable bonds is 4. The first-order chi connectivity index (χ1) is 16.4. The number of carbonyl (C=O) groups is 1. The molecule has 1 aromatic carbocycles. The molecule has 168 valence electrons. The third kappa shape index (κ3) is 4.65. The predicted octanol–water partition coefficient (Wildman–Crippen LogP) is 4.29. The number of fused-ring (bicyclic) bond motifs is 1. The quantitative estimate of drug-likeness (QED) is 0.439. The average molecular weight is 468 g/mol. The van der Waals surface area contributed by atoms with Crippen LogP contribution in [0.5, 0.6) is 0 Å². The number of anilines is 1. The second-order valence-electron chi connectivity index (χ2n) is 7.66. The molecular weight excluding hydrogens is 446 g/mol. The Morgan fingerprint density at radius 2 is 1.97 bits per heavy atom. The highest BCUT2D eigenvalue weighted by Gasteiger charge is 2.17. The highest BCUT2D eigenvalue weighted by molar-refractivity contribution is 6.31. The first kappa shape index (κ1) is 23.1. The van der Waals surface area contributed by atoms with E-state index in [1.807, 2.05) is 47.9 Å². The lowest BCUT2D eigenvalue weighted by Gasteiger charge is -2.12. The molecule has 0 spiro atoms. The van der Waals surface area contributed by atoms with Gasteiger partial charge in [0.1, 0.15) is 17.2 Å². The van der Waals surface area contributed by atoms with Crippen molar-refractivity contribution in [1.82, 2.24) is 19.7 Å². The van der Waals surface area contributed by atoms with E-state index in [1.54, 1.807) is 32.2 Å². The molecule has 4 rings (SSSR count). The summed E-state index contributed by atoms with van der Waals surface area (Å²) in [6, 6.07) is 14.4. The number of nitrogens with zero attached hydrogens (tertiary/aromatic N) is 3. The number of pyridine rings is 2. The van der Waals surface area contributed by atoms with Crippen LogP contribution in [0.3, 0.4) is 0 Å². The molecule has 2 N–H and O–H groups in total. The molecule has 34 heavy (non-hydrogen) atoms. The summed E-state index contributed by atoms with van der Waals surface area (Å²) >= 11 is 6.24. The molecule has 0 aliphatic rings. The van der Waals surface area contributed by atoms with Gasteiger partial charge in [-0.1, -0.05) is 29.5 Å². The molecule has 7 heteroatoms. The van der Waals surface area contributed by atoms with Crippen LogP contribution in [0, 0.1) is 31.1 Å². The molecule has 0 aliphatic carbocycles. The fourth-order valence-electron chi connectivity index (χ4n) is 3.46. The number of amides is 1. The predicted molar refractivity (Wildman–Crippen MR) is 136 cm³/mol. The number of imidazole rings is 1. The van der Waals surface area contributed by atoms with Crippen molar-refractivity contribution in [1.29, 1.82) is 0 Å². The van der Waals surface area contributed by atoms with E-state index in [0.29, 0.717) is 27.7 Å². The van der Waals surface area contributed by atoms with Crippen LogP contribution in [0.25, 0.3) is 16.9 Å². The van der Waals surface area contributed by atoms with Crippen LogP contribution < -0.4 is 10.6 Å². The maximum absolute atomic E-state index is 12.4. The summed E-state index contributed by atoms with van der Waals surface area (Å²) in [6.07, 6.45) is 7.41. The van der Waals surface area contributed by atoms with Gasteiger partial charge in [-0.05, 0) is 69.3 Å². The number of terminal acetylenes is 1.